The summed E-state index contributed by atoms with van der Waals surface area (Å²) >= 11 is 3.26. The van der Waals surface area contributed by atoms with Gasteiger partial charge in [0.25, 0.3) is 5.91 Å². The smallest absolute Gasteiger partial charge is 0.255 e. The van der Waals surface area contributed by atoms with Crippen LogP contribution in [0.25, 0.3) is 0 Å². The number of benzene rings is 1. The van der Waals surface area contributed by atoms with E-state index in [1.807, 2.05) is 4.90 Å². The van der Waals surface area contributed by atoms with Crippen LogP contribution in [0.1, 0.15) is 23.2 Å². The Labute approximate surface area is 142 Å². The fourth-order valence-electron chi connectivity index (χ4n) is 3.23. The molecule has 1 atom stereocenters. The Morgan fingerprint density at radius 2 is 2.17 bits per heavy atom. The minimum Gasteiger partial charge on any atom is -0.337 e. The fourth-order valence-corrected chi connectivity index (χ4v) is 3.75. The van der Waals surface area contributed by atoms with Gasteiger partial charge in [-0.1, -0.05) is 0 Å². The SMILES string of the molecule is O=C(c1ccc(F)cc1Br)N1CCCC(N2CCNCC2=O)C1. The molecule has 124 valence electrons. The van der Waals surface area contributed by atoms with Crippen molar-refractivity contribution in [2.75, 3.05) is 32.7 Å². The van der Waals surface area contributed by atoms with Gasteiger partial charge in [0.05, 0.1) is 12.1 Å². The first kappa shape index (κ1) is 16.4. The molecule has 3 rings (SSSR count). The van der Waals surface area contributed by atoms with Crippen molar-refractivity contribution >= 4 is 27.7 Å². The molecular formula is C16H19BrFN3O2. The molecule has 0 radical (unpaired) electrons. The lowest BCUT2D eigenvalue weighted by molar-refractivity contribution is -0.135. The van der Waals surface area contributed by atoms with Gasteiger partial charge in [0.1, 0.15) is 5.82 Å². The zero-order valence-corrected chi connectivity index (χ0v) is 14.3. The third kappa shape index (κ3) is 3.55. The highest BCUT2D eigenvalue weighted by molar-refractivity contribution is 9.10. The summed E-state index contributed by atoms with van der Waals surface area (Å²) in [5.41, 5.74) is 0.457. The largest absolute Gasteiger partial charge is 0.337 e. The quantitative estimate of drug-likeness (QED) is 0.844. The Bertz CT molecular complexity index is 625. The van der Waals surface area contributed by atoms with E-state index < -0.39 is 0 Å². The maximum Gasteiger partial charge on any atom is 0.255 e. The summed E-state index contributed by atoms with van der Waals surface area (Å²) < 4.78 is 13.7. The molecule has 23 heavy (non-hydrogen) atoms. The average Bonchev–Trinajstić information content (AvgIpc) is 2.55. The number of hydrogen-bond donors (Lipinski definition) is 1. The molecule has 2 heterocycles. The van der Waals surface area contributed by atoms with Crippen molar-refractivity contribution < 1.29 is 14.0 Å². The molecule has 5 nitrogen and oxygen atoms in total. The molecule has 0 aromatic heterocycles. The first-order chi connectivity index (χ1) is 11.1. The van der Waals surface area contributed by atoms with Gasteiger partial charge in [-0.15, -0.1) is 0 Å². The Balaban J connectivity index is 1.72. The molecule has 1 aromatic carbocycles. The topological polar surface area (TPSA) is 52.7 Å². The monoisotopic (exact) mass is 383 g/mol. The molecule has 1 unspecified atom stereocenters. The molecule has 2 aliphatic heterocycles. The molecule has 2 aliphatic rings. The number of halogens is 2. The summed E-state index contributed by atoms with van der Waals surface area (Å²) in [5.74, 6) is -0.404. The number of rotatable bonds is 2. The van der Waals surface area contributed by atoms with E-state index in [1.165, 1.54) is 18.2 Å². The Morgan fingerprint density at radius 3 is 2.91 bits per heavy atom. The molecule has 2 fully saturated rings. The van der Waals surface area contributed by atoms with E-state index in [0.29, 0.717) is 36.2 Å². The number of carbonyl (C=O) groups excluding carboxylic acids is 2. The molecule has 2 amide bonds. The summed E-state index contributed by atoms with van der Waals surface area (Å²) in [4.78, 5) is 28.4. The van der Waals surface area contributed by atoms with Crippen molar-refractivity contribution in [1.29, 1.82) is 0 Å². The lowest BCUT2D eigenvalue weighted by Crippen LogP contribution is -2.57. The Kier molecular flexibility index (Phi) is 4.96. The van der Waals surface area contributed by atoms with Gasteiger partial charge in [-0.05, 0) is 47.0 Å². The van der Waals surface area contributed by atoms with E-state index in [9.17, 15) is 14.0 Å². The van der Waals surface area contributed by atoms with Crippen LogP contribution in [-0.4, -0.2) is 60.4 Å². The van der Waals surface area contributed by atoms with E-state index in [1.54, 1.807) is 4.90 Å². The second-order valence-electron chi connectivity index (χ2n) is 5.94. The molecule has 1 aromatic rings. The fraction of sp³-hybridized carbons (Fsp3) is 0.500. The lowest BCUT2D eigenvalue weighted by Gasteiger charge is -2.41. The van der Waals surface area contributed by atoms with Crippen molar-refractivity contribution in [2.24, 2.45) is 0 Å². The van der Waals surface area contributed by atoms with Gasteiger partial charge in [0.2, 0.25) is 5.91 Å². The van der Waals surface area contributed by atoms with Gasteiger partial charge < -0.3 is 15.1 Å². The number of amides is 2. The number of piperazine rings is 1. The second-order valence-corrected chi connectivity index (χ2v) is 6.79. The highest BCUT2D eigenvalue weighted by atomic mass is 79.9. The zero-order valence-electron chi connectivity index (χ0n) is 12.7. The highest BCUT2D eigenvalue weighted by Crippen LogP contribution is 2.23. The summed E-state index contributed by atoms with van der Waals surface area (Å²) in [6, 6.07) is 4.16. The molecule has 7 heteroatoms. The maximum atomic E-state index is 13.2. The number of carbonyl (C=O) groups is 2. The summed E-state index contributed by atoms with van der Waals surface area (Å²) in [6.07, 6.45) is 1.78. The van der Waals surface area contributed by atoms with E-state index in [4.69, 9.17) is 0 Å². The van der Waals surface area contributed by atoms with Crippen molar-refractivity contribution in [2.45, 2.75) is 18.9 Å². The van der Waals surface area contributed by atoms with Crippen molar-refractivity contribution in [1.82, 2.24) is 15.1 Å². The lowest BCUT2D eigenvalue weighted by atomic mass is 10.0. The van der Waals surface area contributed by atoms with Crippen LogP contribution < -0.4 is 5.32 Å². The van der Waals surface area contributed by atoms with Crippen LogP contribution in [-0.2, 0) is 4.79 Å². The first-order valence-electron chi connectivity index (χ1n) is 7.81. The molecule has 0 spiro atoms. The standard InChI is InChI=1S/C16H19BrFN3O2/c17-14-8-11(18)3-4-13(14)16(23)20-6-1-2-12(10-20)21-7-5-19-9-15(21)22/h3-4,8,12,19H,1-2,5-7,9-10H2. The highest BCUT2D eigenvalue weighted by Gasteiger charge is 2.32. The van der Waals surface area contributed by atoms with Crippen LogP contribution in [0.3, 0.4) is 0 Å². The van der Waals surface area contributed by atoms with E-state index >= 15 is 0 Å². The van der Waals surface area contributed by atoms with Crippen molar-refractivity contribution in [3.05, 3.63) is 34.1 Å². The zero-order chi connectivity index (χ0) is 16.4. The van der Waals surface area contributed by atoms with Crippen LogP contribution in [0.5, 0.6) is 0 Å². The normalized spacial score (nSPS) is 22.3. The van der Waals surface area contributed by atoms with E-state index in [-0.39, 0.29) is 23.7 Å². The molecule has 1 N–H and O–H groups in total. The van der Waals surface area contributed by atoms with Crippen molar-refractivity contribution in [3.8, 4) is 0 Å². The van der Waals surface area contributed by atoms with Crippen molar-refractivity contribution in [3.63, 3.8) is 0 Å². The summed E-state index contributed by atoms with van der Waals surface area (Å²) in [6.45, 7) is 3.05. The average molecular weight is 384 g/mol. The number of likely N-dealkylation sites (tertiary alicyclic amines) is 1. The van der Waals surface area contributed by atoms with Gasteiger partial charge in [-0.3, -0.25) is 9.59 Å². The van der Waals surface area contributed by atoms with Gasteiger partial charge in [0, 0.05) is 36.7 Å². The Morgan fingerprint density at radius 1 is 1.35 bits per heavy atom. The minimum atomic E-state index is -0.378. The van der Waals surface area contributed by atoms with Crippen LogP contribution >= 0.6 is 15.9 Å². The predicted octanol–water partition coefficient (Wildman–Crippen LogP) is 1.62. The molecule has 0 saturated carbocycles. The molecule has 0 bridgehead atoms. The molecule has 2 saturated heterocycles. The second kappa shape index (κ2) is 6.97. The van der Waals surface area contributed by atoms with Crippen LogP contribution in [0, 0.1) is 5.82 Å². The molecular weight excluding hydrogens is 365 g/mol. The first-order valence-corrected chi connectivity index (χ1v) is 8.60. The van der Waals surface area contributed by atoms with Crippen LogP contribution in [0.15, 0.2) is 22.7 Å². The van der Waals surface area contributed by atoms with Crippen LogP contribution in [0.4, 0.5) is 4.39 Å². The van der Waals surface area contributed by atoms with E-state index in [2.05, 4.69) is 21.2 Å². The Hall–Kier alpha value is -1.47. The van der Waals surface area contributed by atoms with E-state index in [0.717, 1.165) is 19.4 Å². The van der Waals surface area contributed by atoms with Gasteiger partial charge in [0.15, 0.2) is 0 Å². The number of nitrogens with zero attached hydrogens (tertiary/aromatic N) is 2. The summed E-state index contributed by atoms with van der Waals surface area (Å²) in [5, 5.41) is 3.06. The maximum absolute atomic E-state index is 13.2. The minimum absolute atomic E-state index is 0.0709. The molecule has 0 aliphatic carbocycles. The summed E-state index contributed by atoms with van der Waals surface area (Å²) in [7, 11) is 0. The number of piperidine rings is 1. The van der Waals surface area contributed by atoms with Crippen LogP contribution in [0.2, 0.25) is 0 Å². The third-order valence-corrected chi connectivity index (χ3v) is 5.07. The number of hydrogen-bond acceptors (Lipinski definition) is 3. The van der Waals surface area contributed by atoms with Gasteiger partial charge >= 0.3 is 0 Å². The van der Waals surface area contributed by atoms with Gasteiger partial charge in [-0.25, -0.2) is 4.39 Å². The predicted molar refractivity (Wildman–Crippen MR) is 87.6 cm³/mol. The van der Waals surface area contributed by atoms with Gasteiger partial charge in [-0.2, -0.15) is 0 Å². The number of nitrogens with one attached hydrogen (secondary N) is 1. The third-order valence-electron chi connectivity index (χ3n) is 4.41.